The van der Waals surface area contributed by atoms with Gasteiger partial charge in [0, 0.05) is 19.7 Å². The molecule has 0 bridgehead atoms. The van der Waals surface area contributed by atoms with Crippen LogP contribution in [0.1, 0.15) is 19.6 Å². The second kappa shape index (κ2) is 7.26. The molecule has 1 atom stereocenters. The quantitative estimate of drug-likeness (QED) is 0.700. The fourth-order valence-corrected chi connectivity index (χ4v) is 1.27. The normalized spacial score (nSPS) is 13.5. The van der Waals surface area contributed by atoms with Crippen molar-refractivity contribution in [2.75, 3.05) is 19.7 Å². The summed E-state index contributed by atoms with van der Waals surface area (Å²) in [6.45, 7) is 6.54. The molecular formula is C12H19NO2. The van der Waals surface area contributed by atoms with Crippen LogP contribution in [0.3, 0.4) is 0 Å². The Bertz CT molecular complexity index is 267. The minimum absolute atomic E-state index is 0.270. The van der Waals surface area contributed by atoms with Crippen molar-refractivity contribution < 1.29 is 9.15 Å². The van der Waals surface area contributed by atoms with Crippen molar-refractivity contribution in [1.29, 1.82) is 0 Å². The van der Waals surface area contributed by atoms with Gasteiger partial charge in [-0.25, -0.2) is 0 Å². The molecule has 1 aromatic heterocycles. The molecule has 0 fully saturated rings. The van der Waals surface area contributed by atoms with E-state index < -0.39 is 0 Å². The number of hydrogen-bond acceptors (Lipinski definition) is 3. The molecule has 1 unspecified atom stereocenters. The van der Waals surface area contributed by atoms with Gasteiger partial charge in [0.15, 0.2) is 0 Å². The van der Waals surface area contributed by atoms with Crippen LogP contribution in [-0.2, 0) is 4.74 Å². The Morgan fingerprint density at radius 1 is 1.60 bits per heavy atom. The van der Waals surface area contributed by atoms with Crippen molar-refractivity contribution in [1.82, 2.24) is 5.32 Å². The van der Waals surface area contributed by atoms with Crippen LogP contribution in [0.5, 0.6) is 0 Å². The lowest BCUT2D eigenvalue weighted by Gasteiger charge is -2.10. The summed E-state index contributed by atoms with van der Waals surface area (Å²) in [6.07, 6.45) is 5.94. The maximum absolute atomic E-state index is 5.39. The summed E-state index contributed by atoms with van der Waals surface area (Å²) >= 11 is 0. The van der Waals surface area contributed by atoms with Crippen LogP contribution in [0.4, 0.5) is 0 Å². The van der Waals surface area contributed by atoms with Crippen LogP contribution in [0, 0.1) is 0 Å². The van der Waals surface area contributed by atoms with E-state index >= 15 is 0 Å². The summed E-state index contributed by atoms with van der Waals surface area (Å²) in [5.41, 5.74) is 0. The lowest BCUT2D eigenvalue weighted by Crippen LogP contribution is -2.26. The van der Waals surface area contributed by atoms with Gasteiger partial charge >= 0.3 is 0 Å². The molecule has 3 nitrogen and oxygen atoms in total. The molecular weight excluding hydrogens is 190 g/mol. The van der Waals surface area contributed by atoms with Crippen LogP contribution in [0.25, 0.3) is 6.08 Å². The SMILES string of the molecule is CCOC(C)CNC/C=C/c1ccco1. The smallest absolute Gasteiger partial charge is 0.126 e. The number of furan rings is 1. The fraction of sp³-hybridized carbons (Fsp3) is 0.500. The monoisotopic (exact) mass is 209 g/mol. The molecule has 15 heavy (non-hydrogen) atoms. The third kappa shape index (κ3) is 5.40. The Hall–Kier alpha value is -1.06. The van der Waals surface area contributed by atoms with Gasteiger partial charge in [0.2, 0.25) is 0 Å². The summed E-state index contributed by atoms with van der Waals surface area (Å²) < 4.78 is 10.5. The van der Waals surface area contributed by atoms with Crippen molar-refractivity contribution in [3.63, 3.8) is 0 Å². The van der Waals surface area contributed by atoms with Gasteiger partial charge in [0.25, 0.3) is 0 Å². The second-order valence-corrected chi connectivity index (χ2v) is 3.34. The summed E-state index contributed by atoms with van der Waals surface area (Å²) in [4.78, 5) is 0. The van der Waals surface area contributed by atoms with Crippen molar-refractivity contribution in [3.8, 4) is 0 Å². The first-order valence-electron chi connectivity index (χ1n) is 5.35. The Labute approximate surface area is 91.1 Å². The van der Waals surface area contributed by atoms with Crippen molar-refractivity contribution in [2.24, 2.45) is 0 Å². The van der Waals surface area contributed by atoms with Crippen LogP contribution in [-0.4, -0.2) is 25.8 Å². The van der Waals surface area contributed by atoms with Gasteiger partial charge in [0.05, 0.1) is 12.4 Å². The third-order valence-electron chi connectivity index (χ3n) is 1.97. The highest BCUT2D eigenvalue weighted by Crippen LogP contribution is 2.01. The first-order chi connectivity index (χ1) is 7.33. The number of hydrogen-bond donors (Lipinski definition) is 1. The molecule has 0 saturated heterocycles. The van der Waals surface area contributed by atoms with Gasteiger partial charge in [0.1, 0.15) is 5.76 Å². The Morgan fingerprint density at radius 2 is 2.47 bits per heavy atom. The molecule has 0 aliphatic rings. The topological polar surface area (TPSA) is 34.4 Å². The van der Waals surface area contributed by atoms with E-state index in [9.17, 15) is 0 Å². The predicted molar refractivity (Wildman–Crippen MR) is 61.7 cm³/mol. The van der Waals surface area contributed by atoms with Gasteiger partial charge < -0.3 is 14.5 Å². The largest absolute Gasteiger partial charge is 0.465 e. The molecule has 0 spiro atoms. The minimum atomic E-state index is 0.270. The third-order valence-corrected chi connectivity index (χ3v) is 1.97. The number of ether oxygens (including phenoxy) is 1. The maximum Gasteiger partial charge on any atom is 0.126 e. The van der Waals surface area contributed by atoms with Gasteiger partial charge in [-0.1, -0.05) is 6.08 Å². The van der Waals surface area contributed by atoms with Crippen LogP contribution < -0.4 is 5.32 Å². The molecule has 0 aliphatic carbocycles. The van der Waals surface area contributed by atoms with E-state index in [4.69, 9.17) is 9.15 Å². The van der Waals surface area contributed by atoms with Crippen molar-refractivity contribution in [3.05, 3.63) is 30.2 Å². The zero-order valence-corrected chi connectivity index (χ0v) is 9.40. The predicted octanol–water partition coefficient (Wildman–Crippen LogP) is 2.31. The maximum atomic E-state index is 5.39. The van der Waals surface area contributed by atoms with Crippen molar-refractivity contribution in [2.45, 2.75) is 20.0 Å². The molecule has 1 N–H and O–H groups in total. The van der Waals surface area contributed by atoms with Gasteiger partial charge in [-0.15, -0.1) is 0 Å². The first kappa shape index (κ1) is 12.0. The zero-order valence-electron chi connectivity index (χ0n) is 9.40. The number of nitrogens with one attached hydrogen (secondary N) is 1. The molecule has 1 aromatic rings. The Kier molecular flexibility index (Phi) is 5.81. The zero-order chi connectivity index (χ0) is 10.9. The van der Waals surface area contributed by atoms with E-state index in [-0.39, 0.29) is 6.10 Å². The summed E-state index contributed by atoms with van der Waals surface area (Å²) in [5, 5.41) is 3.28. The van der Waals surface area contributed by atoms with E-state index in [2.05, 4.69) is 12.2 Å². The average Bonchev–Trinajstić information content (AvgIpc) is 2.70. The van der Waals surface area contributed by atoms with E-state index in [1.807, 2.05) is 31.2 Å². The highest BCUT2D eigenvalue weighted by atomic mass is 16.5. The Balaban J connectivity index is 2.06. The van der Waals surface area contributed by atoms with Crippen molar-refractivity contribution >= 4 is 6.08 Å². The molecule has 1 heterocycles. The van der Waals surface area contributed by atoms with Gasteiger partial charge in [-0.2, -0.15) is 0 Å². The summed E-state index contributed by atoms with van der Waals surface area (Å²) in [6, 6.07) is 3.81. The highest BCUT2D eigenvalue weighted by Gasteiger charge is 1.97. The summed E-state index contributed by atoms with van der Waals surface area (Å²) in [5.74, 6) is 0.884. The van der Waals surface area contributed by atoms with Crippen LogP contribution >= 0.6 is 0 Å². The second-order valence-electron chi connectivity index (χ2n) is 3.34. The molecule has 0 radical (unpaired) electrons. The van der Waals surface area contributed by atoms with E-state index in [1.165, 1.54) is 0 Å². The van der Waals surface area contributed by atoms with Gasteiger partial charge in [-0.05, 0) is 32.1 Å². The standard InChI is InChI=1S/C12H19NO2/c1-3-14-11(2)10-13-8-4-6-12-7-5-9-15-12/h4-7,9,11,13H,3,8,10H2,1-2H3/b6-4+. The van der Waals surface area contributed by atoms with E-state index in [0.717, 1.165) is 25.5 Å². The lowest BCUT2D eigenvalue weighted by molar-refractivity contribution is 0.0769. The lowest BCUT2D eigenvalue weighted by atomic mass is 10.3. The highest BCUT2D eigenvalue weighted by molar-refractivity contribution is 5.42. The Morgan fingerprint density at radius 3 is 3.13 bits per heavy atom. The molecule has 0 aromatic carbocycles. The van der Waals surface area contributed by atoms with Gasteiger partial charge in [-0.3, -0.25) is 0 Å². The molecule has 0 saturated carbocycles. The number of rotatable bonds is 7. The van der Waals surface area contributed by atoms with Crippen LogP contribution in [0.2, 0.25) is 0 Å². The first-order valence-corrected chi connectivity index (χ1v) is 5.35. The minimum Gasteiger partial charge on any atom is -0.465 e. The van der Waals surface area contributed by atoms with E-state index in [1.54, 1.807) is 6.26 Å². The molecule has 84 valence electrons. The summed E-state index contributed by atoms with van der Waals surface area (Å²) in [7, 11) is 0. The van der Waals surface area contributed by atoms with Crippen LogP contribution in [0.15, 0.2) is 28.9 Å². The fourth-order valence-electron chi connectivity index (χ4n) is 1.27. The van der Waals surface area contributed by atoms with E-state index in [0.29, 0.717) is 0 Å². The molecule has 3 heteroatoms. The average molecular weight is 209 g/mol. The molecule has 0 aliphatic heterocycles. The molecule has 0 amide bonds. The molecule has 1 rings (SSSR count).